The van der Waals surface area contributed by atoms with Gasteiger partial charge in [-0.15, -0.1) is 0 Å². The van der Waals surface area contributed by atoms with Crippen LogP contribution in [0.1, 0.15) is 30.2 Å². The zero-order valence-electron chi connectivity index (χ0n) is 11.3. The fraction of sp³-hybridized carbons (Fsp3) is 0.538. The smallest absolute Gasteiger partial charge is 0.0537 e. The molecule has 0 radical (unpaired) electrons. The van der Waals surface area contributed by atoms with E-state index in [-0.39, 0.29) is 0 Å². The molecule has 0 atom stereocenters. The summed E-state index contributed by atoms with van der Waals surface area (Å²) in [6.07, 6.45) is 7.07. The van der Waals surface area contributed by atoms with E-state index in [2.05, 4.69) is 35.6 Å². The van der Waals surface area contributed by atoms with Gasteiger partial charge in [0.25, 0.3) is 0 Å². The molecule has 0 aliphatic carbocycles. The van der Waals surface area contributed by atoms with Gasteiger partial charge in [-0.2, -0.15) is 10.2 Å². The average Bonchev–Trinajstić information content (AvgIpc) is 2.91. The van der Waals surface area contributed by atoms with Crippen LogP contribution in [0.25, 0.3) is 0 Å². The molecule has 5 heteroatoms. The Morgan fingerprint density at radius 1 is 1.22 bits per heavy atom. The van der Waals surface area contributed by atoms with Gasteiger partial charge in [0.2, 0.25) is 0 Å². The van der Waals surface area contributed by atoms with Crippen LogP contribution in [0.3, 0.4) is 0 Å². The van der Waals surface area contributed by atoms with Crippen LogP contribution in [0.2, 0.25) is 0 Å². The first-order valence-corrected chi connectivity index (χ1v) is 6.40. The van der Waals surface area contributed by atoms with Gasteiger partial charge in [-0.3, -0.25) is 9.36 Å². The molecular formula is C13H21N5. The Morgan fingerprint density at radius 2 is 2.06 bits per heavy atom. The van der Waals surface area contributed by atoms with E-state index in [1.807, 2.05) is 28.8 Å². The Bertz CT molecular complexity index is 497. The maximum absolute atomic E-state index is 4.31. The second-order valence-electron chi connectivity index (χ2n) is 4.59. The van der Waals surface area contributed by atoms with Gasteiger partial charge in [0.05, 0.1) is 12.4 Å². The van der Waals surface area contributed by atoms with Crippen LogP contribution < -0.4 is 5.32 Å². The highest BCUT2D eigenvalue weighted by Crippen LogP contribution is 2.05. The third-order valence-corrected chi connectivity index (χ3v) is 3.12. The zero-order valence-corrected chi connectivity index (χ0v) is 11.3. The minimum Gasteiger partial charge on any atom is -0.308 e. The van der Waals surface area contributed by atoms with Gasteiger partial charge in [-0.05, 0) is 13.3 Å². The molecule has 0 aliphatic heterocycles. The number of hydrogen-bond donors (Lipinski definition) is 1. The molecule has 2 aromatic heterocycles. The molecule has 0 aliphatic rings. The summed E-state index contributed by atoms with van der Waals surface area (Å²) >= 11 is 0. The van der Waals surface area contributed by atoms with Crippen LogP contribution in [-0.2, 0) is 26.7 Å². The fourth-order valence-corrected chi connectivity index (χ4v) is 1.91. The molecule has 2 heterocycles. The van der Waals surface area contributed by atoms with Gasteiger partial charge in [0.15, 0.2) is 0 Å². The zero-order chi connectivity index (χ0) is 13.0. The molecule has 0 unspecified atom stereocenters. The number of hydrogen-bond acceptors (Lipinski definition) is 3. The van der Waals surface area contributed by atoms with Crippen LogP contribution in [0.4, 0.5) is 0 Å². The van der Waals surface area contributed by atoms with Gasteiger partial charge in [-0.25, -0.2) is 0 Å². The lowest BCUT2D eigenvalue weighted by molar-refractivity contribution is 0.601. The Morgan fingerprint density at radius 3 is 2.72 bits per heavy atom. The summed E-state index contributed by atoms with van der Waals surface area (Å²) in [5.41, 5.74) is 3.69. The van der Waals surface area contributed by atoms with Crippen molar-refractivity contribution in [3.05, 3.63) is 35.4 Å². The van der Waals surface area contributed by atoms with Crippen molar-refractivity contribution in [1.82, 2.24) is 24.9 Å². The van der Waals surface area contributed by atoms with E-state index in [1.54, 1.807) is 0 Å². The lowest BCUT2D eigenvalue weighted by Crippen LogP contribution is -2.12. The van der Waals surface area contributed by atoms with Gasteiger partial charge >= 0.3 is 0 Å². The van der Waals surface area contributed by atoms with Crippen LogP contribution in [-0.4, -0.2) is 19.6 Å². The van der Waals surface area contributed by atoms with Crippen LogP contribution in [0, 0.1) is 6.92 Å². The van der Waals surface area contributed by atoms with Crippen LogP contribution in [0.5, 0.6) is 0 Å². The number of aromatic nitrogens is 4. The summed E-state index contributed by atoms with van der Waals surface area (Å²) in [4.78, 5) is 0. The topological polar surface area (TPSA) is 47.7 Å². The second kappa shape index (κ2) is 5.82. The minimum atomic E-state index is 0.845. The Kier molecular flexibility index (Phi) is 4.15. The molecule has 0 saturated heterocycles. The Balaban J connectivity index is 1.82. The van der Waals surface area contributed by atoms with Crippen molar-refractivity contribution in [2.24, 2.45) is 7.05 Å². The van der Waals surface area contributed by atoms with Crippen molar-refractivity contribution in [2.75, 3.05) is 0 Å². The van der Waals surface area contributed by atoms with Crippen molar-refractivity contribution in [3.8, 4) is 0 Å². The standard InChI is InChI=1S/C13H21N5/c1-4-5-18-10-12(7-16-18)6-14-8-13-9-15-17(3)11(13)2/h7,9-10,14H,4-6,8H2,1-3H3. The Hall–Kier alpha value is -1.62. The maximum atomic E-state index is 4.31. The summed E-state index contributed by atoms with van der Waals surface area (Å²) in [5, 5.41) is 12.0. The Labute approximate surface area is 108 Å². The highest BCUT2D eigenvalue weighted by atomic mass is 15.3. The molecule has 0 aromatic carbocycles. The van der Waals surface area contributed by atoms with E-state index < -0.39 is 0 Å². The quantitative estimate of drug-likeness (QED) is 0.844. The largest absolute Gasteiger partial charge is 0.308 e. The normalized spacial score (nSPS) is 11.1. The third kappa shape index (κ3) is 2.98. The van der Waals surface area contributed by atoms with Crippen LogP contribution in [0.15, 0.2) is 18.6 Å². The lowest BCUT2D eigenvalue weighted by Gasteiger charge is -2.02. The molecule has 0 amide bonds. The van der Waals surface area contributed by atoms with Gasteiger partial charge in [-0.1, -0.05) is 6.92 Å². The second-order valence-corrected chi connectivity index (χ2v) is 4.59. The molecule has 2 aromatic rings. The van der Waals surface area contributed by atoms with Crippen molar-refractivity contribution in [3.63, 3.8) is 0 Å². The number of aryl methyl sites for hydroxylation is 2. The van der Waals surface area contributed by atoms with E-state index in [1.165, 1.54) is 16.8 Å². The first-order chi connectivity index (χ1) is 8.70. The van der Waals surface area contributed by atoms with E-state index >= 15 is 0 Å². The van der Waals surface area contributed by atoms with Gasteiger partial charge in [0, 0.05) is 49.7 Å². The van der Waals surface area contributed by atoms with Crippen molar-refractivity contribution in [1.29, 1.82) is 0 Å². The van der Waals surface area contributed by atoms with Crippen molar-refractivity contribution < 1.29 is 0 Å². The van der Waals surface area contributed by atoms with E-state index in [0.717, 1.165) is 26.1 Å². The maximum Gasteiger partial charge on any atom is 0.0537 e. The number of nitrogens with one attached hydrogen (secondary N) is 1. The molecule has 98 valence electrons. The monoisotopic (exact) mass is 247 g/mol. The number of rotatable bonds is 6. The SMILES string of the molecule is CCCn1cc(CNCc2cnn(C)c2C)cn1. The fourth-order valence-electron chi connectivity index (χ4n) is 1.91. The van der Waals surface area contributed by atoms with E-state index in [4.69, 9.17) is 0 Å². The molecule has 1 N–H and O–H groups in total. The molecule has 18 heavy (non-hydrogen) atoms. The minimum absolute atomic E-state index is 0.845. The van der Waals surface area contributed by atoms with E-state index in [0.29, 0.717) is 0 Å². The van der Waals surface area contributed by atoms with E-state index in [9.17, 15) is 0 Å². The summed E-state index contributed by atoms with van der Waals surface area (Å²) < 4.78 is 3.89. The molecular weight excluding hydrogens is 226 g/mol. The first kappa shape index (κ1) is 12.8. The van der Waals surface area contributed by atoms with Gasteiger partial charge < -0.3 is 5.32 Å². The van der Waals surface area contributed by atoms with Gasteiger partial charge in [0.1, 0.15) is 0 Å². The molecule has 0 fully saturated rings. The molecule has 0 bridgehead atoms. The van der Waals surface area contributed by atoms with Crippen LogP contribution >= 0.6 is 0 Å². The van der Waals surface area contributed by atoms with Crippen molar-refractivity contribution in [2.45, 2.75) is 39.9 Å². The molecule has 5 nitrogen and oxygen atoms in total. The predicted molar refractivity (Wildman–Crippen MR) is 71.0 cm³/mol. The molecule has 2 rings (SSSR count). The summed E-state index contributed by atoms with van der Waals surface area (Å²) in [6, 6.07) is 0. The number of nitrogens with zero attached hydrogens (tertiary/aromatic N) is 4. The summed E-state index contributed by atoms with van der Waals surface area (Å²) in [7, 11) is 1.97. The average molecular weight is 247 g/mol. The highest BCUT2D eigenvalue weighted by Gasteiger charge is 2.03. The lowest BCUT2D eigenvalue weighted by atomic mass is 10.2. The summed E-state index contributed by atoms with van der Waals surface area (Å²) in [5.74, 6) is 0. The first-order valence-electron chi connectivity index (χ1n) is 6.40. The van der Waals surface area contributed by atoms with Crippen molar-refractivity contribution >= 4 is 0 Å². The third-order valence-electron chi connectivity index (χ3n) is 3.12. The molecule has 0 saturated carbocycles. The summed E-state index contributed by atoms with van der Waals surface area (Å²) in [6.45, 7) is 6.92. The molecule has 0 spiro atoms. The predicted octanol–water partition coefficient (Wildman–Crippen LogP) is 1.62. The highest BCUT2D eigenvalue weighted by molar-refractivity contribution is 5.15.